The lowest BCUT2D eigenvalue weighted by Gasteiger charge is -2.16. The van der Waals surface area contributed by atoms with E-state index in [1.165, 1.54) is 5.56 Å². The summed E-state index contributed by atoms with van der Waals surface area (Å²) in [6.45, 7) is 0.575. The fourth-order valence-corrected chi connectivity index (χ4v) is 2.04. The summed E-state index contributed by atoms with van der Waals surface area (Å²) in [5.74, 6) is 0. The van der Waals surface area contributed by atoms with E-state index in [4.69, 9.17) is 5.26 Å². The van der Waals surface area contributed by atoms with Crippen molar-refractivity contribution in [2.75, 3.05) is 6.61 Å². The molecule has 0 amide bonds. The first-order chi connectivity index (χ1) is 9.83. The molecule has 0 fully saturated rings. The Kier molecular flexibility index (Phi) is 5.24. The van der Waals surface area contributed by atoms with Gasteiger partial charge < -0.3 is 10.4 Å². The van der Waals surface area contributed by atoms with Crippen LogP contribution in [0.5, 0.6) is 0 Å². The number of hydrogen-bond donors (Lipinski definition) is 2. The van der Waals surface area contributed by atoms with Gasteiger partial charge in [0, 0.05) is 24.3 Å². The SMILES string of the molecule is N#Cc1ncccc1CNC(CO)Cc1ccccc1. The van der Waals surface area contributed by atoms with Gasteiger partial charge in [-0.2, -0.15) is 5.26 Å². The summed E-state index contributed by atoms with van der Waals surface area (Å²) in [6, 6.07) is 15.7. The van der Waals surface area contributed by atoms with Crippen molar-refractivity contribution in [1.29, 1.82) is 5.26 Å². The minimum Gasteiger partial charge on any atom is -0.395 e. The van der Waals surface area contributed by atoms with Crippen LogP contribution in [0.1, 0.15) is 16.8 Å². The minimum absolute atomic E-state index is 0.0378. The van der Waals surface area contributed by atoms with Crippen molar-refractivity contribution < 1.29 is 5.11 Å². The van der Waals surface area contributed by atoms with Gasteiger partial charge in [-0.1, -0.05) is 36.4 Å². The van der Waals surface area contributed by atoms with Gasteiger partial charge in [0.25, 0.3) is 0 Å². The minimum atomic E-state index is -0.0378. The average Bonchev–Trinajstić information content (AvgIpc) is 2.52. The molecule has 4 nitrogen and oxygen atoms in total. The second-order valence-corrected chi connectivity index (χ2v) is 4.57. The third kappa shape index (κ3) is 3.89. The molecule has 0 saturated heterocycles. The molecule has 2 aromatic rings. The molecule has 0 aliphatic heterocycles. The summed E-state index contributed by atoms with van der Waals surface area (Å²) >= 11 is 0. The monoisotopic (exact) mass is 267 g/mol. The third-order valence-corrected chi connectivity index (χ3v) is 3.12. The van der Waals surface area contributed by atoms with E-state index in [1.54, 1.807) is 6.20 Å². The Balaban J connectivity index is 1.96. The molecule has 0 bridgehead atoms. The molecular weight excluding hydrogens is 250 g/mol. The standard InChI is InChI=1S/C16H17N3O/c17-10-16-14(7-4-8-18-16)11-19-15(12-20)9-13-5-2-1-3-6-13/h1-8,15,19-20H,9,11-12H2. The first-order valence-electron chi connectivity index (χ1n) is 6.55. The summed E-state index contributed by atoms with van der Waals surface area (Å²) in [7, 11) is 0. The number of nitrogens with zero attached hydrogens (tertiary/aromatic N) is 2. The Hall–Kier alpha value is -2.22. The molecule has 0 spiro atoms. The zero-order valence-corrected chi connectivity index (χ0v) is 11.2. The van der Waals surface area contributed by atoms with Gasteiger partial charge in [0.15, 0.2) is 0 Å². The molecule has 0 saturated carbocycles. The van der Waals surface area contributed by atoms with E-state index >= 15 is 0 Å². The summed E-state index contributed by atoms with van der Waals surface area (Å²) in [6.07, 6.45) is 2.36. The largest absolute Gasteiger partial charge is 0.395 e. The molecule has 0 aliphatic carbocycles. The molecule has 1 unspecified atom stereocenters. The molecule has 1 atom stereocenters. The van der Waals surface area contributed by atoms with Gasteiger partial charge in [-0.25, -0.2) is 4.98 Å². The van der Waals surface area contributed by atoms with Gasteiger partial charge in [-0.15, -0.1) is 0 Å². The van der Waals surface area contributed by atoms with Crippen LogP contribution < -0.4 is 5.32 Å². The second-order valence-electron chi connectivity index (χ2n) is 4.57. The van der Waals surface area contributed by atoms with Crippen molar-refractivity contribution in [3.8, 4) is 6.07 Å². The number of nitrogens with one attached hydrogen (secondary N) is 1. The van der Waals surface area contributed by atoms with Crippen molar-refractivity contribution in [2.24, 2.45) is 0 Å². The molecule has 102 valence electrons. The first kappa shape index (κ1) is 14.2. The fraction of sp³-hybridized carbons (Fsp3) is 0.250. The van der Waals surface area contributed by atoms with Crippen molar-refractivity contribution in [3.63, 3.8) is 0 Å². The van der Waals surface area contributed by atoms with Crippen molar-refractivity contribution in [1.82, 2.24) is 10.3 Å². The van der Waals surface area contributed by atoms with E-state index in [1.807, 2.05) is 42.5 Å². The van der Waals surface area contributed by atoms with Crippen LogP contribution in [0.4, 0.5) is 0 Å². The van der Waals surface area contributed by atoms with Gasteiger partial charge in [0.1, 0.15) is 11.8 Å². The number of nitriles is 1. The summed E-state index contributed by atoms with van der Waals surface area (Å²) in [5.41, 5.74) is 2.45. The smallest absolute Gasteiger partial charge is 0.144 e. The molecule has 1 aromatic heterocycles. The number of aliphatic hydroxyl groups excluding tert-OH is 1. The molecule has 0 radical (unpaired) electrons. The third-order valence-electron chi connectivity index (χ3n) is 3.12. The Bertz CT molecular complexity index is 578. The molecule has 1 heterocycles. The van der Waals surface area contributed by atoms with Gasteiger partial charge in [0.2, 0.25) is 0 Å². The Morgan fingerprint density at radius 1 is 1.20 bits per heavy atom. The van der Waals surface area contributed by atoms with Crippen LogP contribution in [0.3, 0.4) is 0 Å². The van der Waals surface area contributed by atoms with Crippen LogP contribution in [0.15, 0.2) is 48.7 Å². The van der Waals surface area contributed by atoms with Gasteiger partial charge in [0.05, 0.1) is 6.61 Å². The summed E-state index contributed by atoms with van der Waals surface area (Å²) < 4.78 is 0. The molecule has 4 heteroatoms. The van der Waals surface area contributed by atoms with Crippen LogP contribution in [0.25, 0.3) is 0 Å². The van der Waals surface area contributed by atoms with Crippen LogP contribution >= 0.6 is 0 Å². The zero-order valence-electron chi connectivity index (χ0n) is 11.2. The van der Waals surface area contributed by atoms with E-state index in [0.29, 0.717) is 12.2 Å². The van der Waals surface area contributed by atoms with E-state index < -0.39 is 0 Å². The number of pyridine rings is 1. The number of rotatable bonds is 6. The maximum atomic E-state index is 9.45. The highest BCUT2D eigenvalue weighted by atomic mass is 16.3. The highest BCUT2D eigenvalue weighted by Crippen LogP contribution is 2.06. The van der Waals surface area contributed by atoms with Crippen LogP contribution in [0, 0.1) is 11.3 Å². The molecule has 0 aliphatic rings. The first-order valence-corrected chi connectivity index (χ1v) is 6.55. The normalized spacial score (nSPS) is 11.8. The predicted octanol–water partition coefficient (Wildman–Crippen LogP) is 1.65. The lowest BCUT2D eigenvalue weighted by molar-refractivity contribution is 0.240. The van der Waals surface area contributed by atoms with Gasteiger partial charge in [-0.05, 0) is 18.1 Å². The van der Waals surface area contributed by atoms with Crippen molar-refractivity contribution >= 4 is 0 Å². The number of aromatic nitrogens is 1. The maximum absolute atomic E-state index is 9.45. The molecule has 1 aromatic carbocycles. The highest BCUT2D eigenvalue weighted by molar-refractivity contribution is 5.30. The molecule has 20 heavy (non-hydrogen) atoms. The van der Waals surface area contributed by atoms with Crippen LogP contribution in [-0.4, -0.2) is 22.7 Å². The Morgan fingerprint density at radius 3 is 2.70 bits per heavy atom. The van der Waals surface area contributed by atoms with E-state index in [-0.39, 0.29) is 12.6 Å². The van der Waals surface area contributed by atoms with E-state index in [2.05, 4.69) is 16.4 Å². The predicted molar refractivity (Wildman–Crippen MR) is 76.8 cm³/mol. The number of hydrogen-bond acceptors (Lipinski definition) is 4. The van der Waals surface area contributed by atoms with Crippen molar-refractivity contribution in [3.05, 3.63) is 65.5 Å². The van der Waals surface area contributed by atoms with Gasteiger partial charge >= 0.3 is 0 Å². The van der Waals surface area contributed by atoms with Crippen LogP contribution in [-0.2, 0) is 13.0 Å². The maximum Gasteiger partial charge on any atom is 0.144 e. The topological polar surface area (TPSA) is 68.9 Å². The average molecular weight is 267 g/mol. The highest BCUT2D eigenvalue weighted by Gasteiger charge is 2.09. The second kappa shape index (κ2) is 7.39. The molecule has 2 rings (SSSR count). The zero-order chi connectivity index (χ0) is 14.2. The Labute approximate surface area is 118 Å². The quantitative estimate of drug-likeness (QED) is 0.835. The van der Waals surface area contributed by atoms with Crippen LogP contribution in [0.2, 0.25) is 0 Å². The fourth-order valence-electron chi connectivity index (χ4n) is 2.04. The van der Waals surface area contributed by atoms with Crippen molar-refractivity contribution in [2.45, 2.75) is 19.0 Å². The lowest BCUT2D eigenvalue weighted by Crippen LogP contribution is -2.34. The molecular formula is C16H17N3O. The number of benzene rings is 1. The number of aliphatic hydroxyl groups is 1. The summed E-state index contributed by atoms with van der Waals surface area (Å²) in [5, 5.41) is 21.7. The van der Waals surface area contributed by atoms with E-state index in [0.717, 1.165) is 12.0 Å². The molecule has 2 N–H and O–H groups in total. The van der Waals surface area contributed by atoms with Gasteiger partial charge in [-0.3, -0.25) is 0 Å². The summed E-state index contributed by atoms with van der Waals surface area (Å²) in [4.78, 5) is 4.02. The van der Waals surface area contributed by atoms with E-state index in [9.17, 15) is 5.11 Å². The Morgan fingerprint density at radius 2 is 2.00 bits per heavy atom. The lowest BCUT2D eigenvalue weighted by atomic mass is 10.1.